The van der Waals surface area contributed by atoms with E-state index in [1.807, 2.05) is 31.2 Å². The van der Waals surface area contributed by atoms with E-state index in [4.69, 9.17) is 0 Å². The highest BCUT2D eigenvalue weighted by molar-refractivity contribution is 9.10. The fraction of sp³-hybridized carbons (Fsp3) is 0.462. The summed E-state index contributed by atoms with van der Waals surface area (Å²) in [6, 6.07) is 7.82. The van der Waals surface area contributed by atoms with E-state index in [2.05, 4.69) is 44.1 Å². The van der Waals surface area contributed by atoms with Gasteiger partial charge in [0.15, 0.2) is 0 Å². The first kappa shape index (κ1) is 14.7. The quantitative estimate of drug-likeness (QED) is 0.795. The monoisotopic (exact) mass is 361 g/mol. The normalized spacial score (nSPS) is 14.1. The number of carbonyl (C=O) groups excluding carboxylic acids is 1. The summed E-state index contributed by atoms with van der Waals surface area (Å²) < 4.78 is 1.00. The van der Waals surface area contributed by atoms with Gasteiger partial charge in [-0.3, -0.25) is 4.79 Å². The van der Waals surface area contributed by atoms with E-state index in [-0.39, 0.29) is 11.4 Å². The summed E-state index contributed by atoms with van der Waals surface area (Å²) in [4.78, 5) is 11.9. The van der Waals surface area contributed by atoms with Gasteiger partial charge in [0.1, 0.15) is 0 Å². The molecule has 0 heterocycles. The highest BCUT2D eigenvalue weighted by Crippen LogP contribution is 2.15. The molecule has 1 aromatic carbocycles. The Morgan fingerprint density at radius 2 is 2.18 bits per heavy atom. The molecule has 0 aliphatic heterocycles. The second-order valence-corrected chi connectivity index (χ2v) is 5.88. The molecule has 1 atom stereocenters. The number of halogens is 2. The van der Waals surface area contributed by atoms with Crippen molar-refractivity contribution >= 4 is 37.8 Å². The maximum atomic E-state index is 11.9. The molecule has 2 nitrogen and oxygen atoms in total. The average molecular weight is 363 g/mol. The largest absolute Gasteiger partial charge is 0.350 e. The van der Waals surface area contributed by atoms with Crippen LogP contribution in [0.4, 0.5) is 0 Å². The molecule has 0 fully saturated rings. The van der Waals surface area contributed by atoms with Crippen LogP contribution in [-0.4, -0.2) is 16.8 Å². The van der Waals surface area contributed by atoms with Crippen LogP contribution >= 0.6 is 31.9 Å². The molecule has 0 saturated carbocycles. The summed E-state index contributed by atoms with van der Waals surface area (Å²) in [6.45, 7) is 4.11. The van der Waals surface area contributed by atoms with Crippen LogP contribution in [0, 0.1) is 0 Å². The Hall–Kier alpha value is -0.350. The van der Waals surface area contributed by atoms with Gasteiger partial charge in [-0.1, -0.05) is 50.9 Å². The van der Waals surface area contributed by atoms with Crippen molar-refractivity contribution < 1.29 is 4.79 Å². The summed E-state index contributed by atoms with van der Waals surface area (Å²) in [5, 5.41) is 3.82. The van der Waals surface area contributed by atoms with Gasteiger partial charge in [0, 0.05) is 15.3 Å². The van der Waals surface area contributed by atoms with Crippen molar-refractivity contribution in [3.8, 4) is 0 Å². The maximum Gasteiger partial charge on any atom is 0.224 e. The van der Waals surface area contributed by atoms with Crippen LogP contribution in [0.2, 0.25) is 0 Å². The Morgan fingerprint density at radius 3 is 2.71 bits per heavy atom. The van der Waals surface area contributed by atoms with Gasteiger partial charge in [-0.15, -0.1) is 0 Å². The number of alkyl halides is 1. The standard InChI is InChI=1S/C13H17Br2NO/c1-3-13(2,9-14)16-12(17)8-10-5-4-6-11(15)7-10/h4-7H,3,8-9H2,1-2H3,(H,16,17). The molecule has 0 spiro atoms. The van der Waals surface area contributed by atoms with E-state index in [0.29, 0.717) is 6.42 Å². The zero-order valence-electron chi connectivity index (χ0n) is 10.1. The van der Waals surface area contributed by atoms with Gasteiger partial charge in [0.05, 0.1) is 6.42 Å². The van der Waals surface area contributed by atoms with E-state index in [9.17, 15) is 4.79 Å². The van der Waals surface area contributed by atoms with Gasteiger partial charge in [-0.05, 0) is 31.0 Å². The Kier molecular flexibility index (Phi) is 5.67. The molecule has 94 valence electrons. The molecule has 0 aromatic heterocycles. The minimum absolute atomic E-state index is 0.0619. The molecule has 0 saturated heterocycles. The Balaban J connectivity index is 2.61. The van der Waals surface area contributed by atoms with Crippen molar-refractivity contribution in [1.29, 1.82) is 0 Å². The van der Waals surface area contributed by atoms with Crippen LogP contribution in [0.15, 0.2) is 28.7 Å². The summed E-state index contributed by atoms with van der Waals surface area (Å²) in [6.07, 6.45) is 1.32. The summed E-state index contributed by atoms with van der Waals surface area (Å²) >= 11 is 6.84. The van der Waals surface area contributed by atoms with E-state index in [1.54, 1.807) is 0 Å². The van der Waals surface area contributed by atoms with Crippen molar-refractivity contribution in [3.05, 3.63) is 34.3 Å². The van der Waals surface area contributed by atoms with Crippen LogP contribution < -0.4 is 5.32 Å². The predicted octanol–water partition coefficient (Wildman–Crippen LogP) is 3.67. The number of amides is 1. The second kappa shape index (κ2) is 6.55. The molecular weight excluding hydrogens is 346 g/mol. The number of benzene rings is 1. The van der Waals surface area contributed by atoms with Crippen molar-refractivity contribution in [2.75, 3.05) is 5.33 Å². The molecule has 0 aliphatic carbocycles. The SMILES string of the molecule is CCC(C)(CBr)NC(=O)Cc1cccc(Br)c1. The summed E-state index contributed by atoms with van der Waals surface area (Å²) in [5.41, 5.74) is 0.855. The third-order valence-electron chi connectivity index (χ3n) is 2.77. The highest BCUT2D eigenvalue weighted by atomic mass is 79.9. The fourth-order valence-electron chi connectivity index (χ4n) is 1.43. The van der Waals surface area contributed by atoms with Gasteiger partial charge in [-0.25, -0.2) is 0 Å². The zero-order valence-corrected chi connectivity index (χ0v) is 13.3. The third-order valence-corrected chi connectivity index (χ3v) is 4.50. The van der Waals surface area contributed by atoms with Crippen LogP contribution in [0.3, 0.4) is 0 Å². The van der Waals surface area contributed by atoms with Gasteiger partial charge < -0.3 is 5.32 Å². The molecule has 0 bridgehead atoms. The van der Waals surface area contributed by atoms with Crippen molar-refractivity contribution in [1.82, 2.24) is 5.32 Å². The number of carbonyl (C=O) groups is 1. The molecule has 1 N–H and O–H groups in total. The number of hydrogen-bond acceptors (Lipinski definition) is 1. The van der Waals surface area contributed by atoms with Crippen molar-refractivity contribution in [3.63, 3.8) is 0 Å². The topological polar surface area (TPSA) is 29.1 Å². The summed E-state index contributed by atoms with van der Waals surface area (Å²) in [7, 11) is 0. The Labute approximate surface area is 119 Å². The Bertz CT molecular complexity index is 389. The first-order chi connectivity index (χ1) is 7.99. The number of nitrogens with one attached hydrogen (secondary N) is 1. The molecule has 1 unspecified atom stereocenters. The minimum Gasteiger partial charge on any atom is -0.350 e. The molecule has 1 rings (SSSR count). The molecule has 4 heteroatoms. The Morgan fingerprint density at radius 1 is 1.47 bits per heavy atom. The lowest BCUT2D eigenvalue weighted by Gasteiger charge is -2.27. The smallest absolute Gasteiger partial charge is 0.224 e. The molecule has 17 heavy (non-hydrogen) atoms. The van der Waals surface area contributed by atoms with Crippen LogP contribution in [0.25, 0.3) is 0 Å². The van der Waals surface area contributed by atoms with Gasteiger partial charge in [0.2, 0.25) is 5.91 Å². The third kappa shape index (κ3) is 4.80. The maximum absolute atomic E-state index is 11.9. The number of hydrogen-bond donors (Lipinski definition) is 1. The fourth-order valence-corrected chi connectivity index (χ4v) is 2.41. The van der Waals surface area contributed by atoms with E-state index in [1.165, 1.54) is 0 Å². The predicted molar refractivity (Wildman–Crippen MR) is 78.5 cm³/mol. The lowest BCUT2D eigenvalue weighted by molar-refractivity contribution is -0.122. The van der Waals surface area contributed by atoms with Gasteiger partial charge in [-0.2, -0.15) is 0 Å². The lowest BCUT2D eigenvalue weighted by Crippen LogP contribution is -2.47. The van der Waals surface area contributed by atoms with E-state index < -0.39 is 0 Å². The van der Waals surface area contributed by atoms with Crippen molar-refractivity contribution in [2.45, 2.75) is 32.2 Å². The second-order valence-electron chi connectivity index (χ2n) is 4.40. The van der Waals surface area contributed by atoms with Gasteiger partial charge in [0.25, 0.3) is 0 Å². The zero-order chi connectivity index (χ0) is 12.9. The molecule has 0 aliphatic rings. The average Bonchev–Trinajstić information content (AvgIpc) is 2.28. The number of rotatable bonds is 5. The van der Waals surface area contributed by atoms with Crippen LogP contribution in [-0.2, 0) is 11.2 Å². The molecule has 1 amide bonds. The van der Waals surface area contributed by atoms with E-state index in [0.717, 1.165) is 21.8 Å². The molecule has 1 aromatic rings. The minimum atomic E-state index is -0.164. The van der Waals surface area contributed by atoms with Crippen molar-refractivity contribution in [2.24, 2.45) is 0 Å². The molecular formula is C13H17Br2NO. The first-order valence-electron chi connectivity index (χ1n) is 5.60. The van der Waals surface area contributed by atoms with Gasteiger partial charge >= 0.3 is 0 Å². The highest BCUT2D eigenvalue weighted by Gasteiger charge is 2.22. The van der Waals surface area contributed by atoms with Crippen LogP contribution in [0.5, 0.6) is 0 Å². The first-order valence-corrected chi connectivity index (χ1v) is 7.52. The summed E-state index contributed by atoms with van der Waals surface area (Å²) in [5.74, 6) is 0.0619. The van der Waals surface area contributed by atoms with E-state index >= 15 is 0 Å². The van der Waals surface area contributed by atoms with Crippen LogP contribution in [0.1, 0.15) is 25.8 Å². The molecule has 0 radical (unpaired) electrons. The lowest BCUT2D eigenvalue weighted by atomic mass is 10.0.